The van der Waals surface area contributed by atoms with Gasteiger partial charge in [-0.3, -0.25) is 0 Å². The molecule has 0 spiro atoms. The molecule has 0 bridgehead atoms. The zero-order chi connectivity index (χ0) is 18.9. The van der Waals surface area contributed by atoms with Gasteiger partial charge in [-0.25, -0.2) is 4.79 Å². The maximum Gasteiger partial charge on any atom is 0.394 e. The quantitative estimate of drug-likeness (QED) is 0.807. The lowest BCUT2D eigenvalue weighted by Crippen LogP contribution is -2.51. The highest BCUT2D eigenvalue weighted by Crippen LogP contribution is 2.44. The Hall–Kier alpha value is -1.92. The minimum absolute atomic E-state index is 0.0578. The van der Waals surface area contributed by atoms with E-state index in [2.05, 4.69) is 10.2 Å². The molecule has 1 atom stereocenters. The van der Waals surface area contributed by atoms with Crippen LogP contribution in [0.4, 0.5) is 29.3 Å². The van der Waals surface area contributed by atoms with Gasteiger partial charge in [-0.15, -0.1) is 0 Å². The first kappa shape index (κ1) is 18.9. The molecular weight excluding hydrogens is 343 g/mol. The van der Waals surface area contributed by atoms with Crippen molar-refractivity contribution in [3.05, 3.63) is 24.3 Å². The summed E-state index contributed by atoms with van der Waals surface area (Å²) in [6.45, 7) is 5.06. The lowest BCUT2D eigenvalue weighted by Gasteiger charge is -2.36. The molecule has 7 heteroatoms. The number of rotatable bonds is 2. The molecule has 1 aromatic carbocycles. The van der Waals surface area contributed by atoms with E-state index < -0.39 is 23.7 Å². The fourth-order valence-corrected chi connectivity index (χ4v) is 4.14. The third-order valence-electron chi connectivity index (χ3n) is 5.65. The smallest absolute Gasteiger partial charge is 0.371 e. The minimum atomic E-state index is -4.30. The molecule has 2 aliphatic heterocycles. The largest absolute Gasteiger partial charge is 0.394 e. The van der Waals surface area contributed by atoms with Crippen molar-refractivity contribution in [3.63, 3.8) is 0 Å². The number of benzene rings is 1. The SMILES string of the molecule is CC1(C)C(C(F)(F)F)CCN1C(=O)Nc1cccc(N2CCCCC2)c1. The average Bonchev–Trinajstić information content (AvgIpc) is 2.91. The number of likely N-dealkylation sites (tertiary alicyclic amines) is 1. The number of hydrogen-bond acceptors (Lipinski definition) is 2. The van der Waals surface area contributed by atoms with E-state index in [4.69, 9.17) is 0 Å². The Labute approximate surface area is 152 Å². The molecule has 1 unspecified atom stereocenters. The van der Waals surface area contributed by atoms with E-state index in [0.717, 1.165) is 31.6 Å². The van der Waals surface area contributed by atoms with Gasteiger partial charge < -0.3 is 15.1 Å². The van der Waals surface area contributed by atoms with Crippen LogP contribution in [0, 0.1) is 5.92 Å². The molecule has 0 aliphatic carbocycles. The summed E-state index contributed by atoms with van der Waals surface area (Å²) in [4.78, 5) is 16.2. The Morgan fingerprint density at radius 2 is 1.85 bits per heavy atom. The van der Waals surface area contributed by atoms with Crippen LogP contribution in [0.25, 0.3) is 0 Å². The van der Waals surface area contributed by atoms with Crippen LogP contribution in [-0.2, 0) is 0 Å². The Balaban J connectivity index is 1.70. The fraction of sp³-hybridized carbons (Fsp3) is 0.632. The molecule has 3 rings (SSSR count). The standard InChI is InChI=1S/C19H26F3N3O/c1-18(2)16(19(20,21)22)9-12-25(18)17(26)23-14-7-6-8-15(13-14)24-10-4-3-5-11-24/h6-8,13,16H,3-5,9-12H2,1-2H3,(H,23,26). The molecule has 4 nitrogen and oxygen atoms in total. The zero-order valence-corrected chi connectivity index (χ0v) is 15.3. The second kappa shape index (κ2) is 7.00. The first-order chi connectivity index (χ1) is 12.2. The molecular formula is C19H26F3N3O. The molecule has 1 aromatic rings. The molecule has 2 heterocycles. The highest BCUT2D eigenvalue weighted by molar-refractivity contribution is 5.90. The summed E-state index contributed by atoms with van der Waals surface area (Å²) < 4.78 is 39.6. The third kappa shape index (κ3) is 3.76. The third-order valence-corrected chi connectivity index (χ3v) is 5.65. The van der Waals surface area contributed by atoms with Gasteiger partial charge in [-0.05, 0) is 57.7 Å². The summed E-state index contributed by atoms with van der Waals surface area (Å²) in [5.74, 6) is -1.50. The molecule has 144 valence electrons. The molecule has 0 aromatic heterocycles. The maximum atomic E-state index is 13.2. The number of carbonyl (C=O) groups excluding carboxylic acids is 1. The number of alkyl halides is 3. The lowest BCUT2D eigenvalue weighted by molar-refractivity contribution is -0.189. The first-order valence-electron chi connectivity index (χ1n) is 9.20. The molecule has 2 amide bonds. The molecule has 2 fully saturated rings. The van der Waals surface area contributed by atoms with Crippen molar-refractivity contribution in [2.45, 2.75) is 51.2 Å². The van der Waals surface area contributed by atoms with Crippen molar-refractivity contribution >= 4 is 17.4 Å². The van der Waals surface area contributed by atoms with E-state index in [-0.39, 0.29) is 13.0 Å². The van der Waals surface area contributed by atoms with Crippen LogP contribution < -0.4 is 10.2 Å². The van der Waals surface area contributed by atoms with Gasteiger partial charge in [-0.2, -0.15) is 13.2 Å². The number of carbonyl (C=O) groups is 1. The van der Waals surface area contributed by atoms with E-state index in [9.17, 15) is 18.0 Å². The van der Waals surface area contributed by atoms with Gasteiger partial charge in [0.2, 0.25) is 0 Å². The predicted molar refractivity (Wildman–Crippen MR) is 96.5 cm³/mol. The number of amides is 2. The van der Waals surface area contributed by atoms with Gasteiger partial charge in [-0.1, -0.05) is 6.07 Å². The highest BCUT2D eigenvalue weighted by Gasteiger charge is 2.56. The Morgan fingerprint density at radius 1 is 1.15 bits per heavy atom. The van der Waals surface area contributed by atoms with Crippen LogP contribution in [0.2, 0.25) is 0 Å². The van der Waals surface area contributed by atoms with Crippen molar-refractivity contribution in [2.24, 2.45) is 5.92 Å². The molecule has 26 heavy (non-hydrogen) atoms. The van der Waals surface area contributed by atoms with Crippen LogP contribution in [0.3, 0.4) is 0 Å². The number of hydrogen-bond donors (Lipinski definition) is 1. The highest BCUT2D eigenvalue weighted by atomic mass is 19.4. The Morgan fingerprint density at radius 3 is 2.46 bits per heavy atom. The average molecular weight is 369 g/mol. The summed E-state index contributed by atoms with van der Waals surface area (Å²) in [5.41, 5.74) is 0.396. The van der Waals surface area contributed by atoms with Crippen LogP contribution in [0.1, 0.15) is 39.5 Å². The van der Waals surface area contributed by atoms with Gasteiger partial charge in [0.25, 0.3) is 0 Å². The summed E-state index contributed by atoms with van der Waals surface area (Å²) in [6.07, 6.45) is -0.823. The van der Waals surface area contributed by atoms with Gasteiger partial charge in [0, 0.05) is 31.0 Å². The van der Waals surface area contributed by atoms with E-state index in [1.165, 1.54) is 25.2 Å². The van der Waals surface area contributed by atoms with Crippen LogP contribution in [-0.4, -0.2) is 42.3 Å². The molecule has 2 aliphatic rings. The first-order valence-corrected chi connectivity index (χ1v) is 9.20. The molecule has 1 N–H and O–H groups in total. The summed E-state index contributed by atoms with van der Waals surface area (Å²) in [7, 11) is 0. The predicted octanol–water partition coefficient (Wildman–Crippen LogP) is 4.87. The normalized spacial score (nSPS) is 23.2. The van der Waals surface area contributed by atoms with Crippen molar-refractivity contribution in [1.82, 2.24) is 4.90 Å². The monoisotopic (exact) mass is 369 g/mol. The van der Waals surface area contributed by atoms with E-state index >= 15 is 0 Å². The van der Waals surface area contributed by atoms with Crippen LogP contribution in [0.5, 0.6) is 0 Å². The van der Waals surface area contributed by atoms with Crippen LogP contribution in [0.15, 0.2) is 24.3 Å². The van der Waals surface area contributed by atoms with Crippen molar-refractivity contribution in [3.8, 4) is 0 Å². The summed E-state index contributed by atoms with van der Waals surface area (Å²) >= 11 is 0. The van der Waals surface area contributed by atoms with Crippen LogP contribution >= 0.6 is 0 Å². The van der Waals surface area contributed by atoms with Gasteiger partial charge in [0.1, 0.15) is 0 Å². The maximum absolute atomic E-state index is 13.2. The number of urea groups is 1. The minimum Gasteiger partial charge on any atom is -0.371 e. The van der Waals surface area contributed by atoms with E-state index in [0.29, 0.717) is 5.69 Å². The molecule has 0 radical (unpaired) electrons. The number of halogens is 3. The van der Waals surface area contributed by atoms with Crippen molar-refractivity contribution in [1.29, 1.82) is 0 Å². The van der Waals surface area contributed by atoms with E-state index in [1.807, 2.05) is 18.2 Å². The topological polar surface area (TPSA) is 35.6 Å². The lowest BCUT2D eigenvalue weighted by atomic mass is 9.88. The summed E-state index contributed by atoms with van der Waals surface area (Å²) in [6, 6.07) is 7.06. The Kier molecular flexibility index (Phi) is 5.08. The Bertz CT molecular complexity index is 654. The number of piperidine rings is 1. The number of nitrogens with one attached hydrogen (secondary N) is 1. The van der Waals surface area contributed by atoms with Gasteiger partial charge in [0.15, 0.2) is 0 Å². The number of anilines is 2. The fourth-order valence-electron chi connectivity index (χ4n) is 4.14. The zero-order valence-electron chi connectivity index (χ0n) is 15.3. The van der Waals surface area contributed by atoms with Crippen molar-refractivity contribution in [2.75, 3.05) is 29.9 Å². The second-order valence-electron chi connectivity index (χ2n) is 7.72. The summed E-state index contributed by atoms with van der Waals surface area (Å²) in [5, 5.41) is 2.78. The molecule has 0 saturated carbocycles. The van der Waals surface area contributed by atoms with Gasteiger partial charge >= 0.3 is 12.2 Å². The van der Waals surface area contributed by atoms with Gasteiger partial charge in [0.05, 0.1) is 11.5 Å². The second-order valence-corrected chi connectivity index (χ2v) is 7.72. The number of nitrogens with zero attached hydrogens (tertiary/aromatic N) is 2. The molecule has 2 saturated heterocycles. The van der Waals surface area contributed by atoms with Crippen molar-refractivity contribution < 1.29 is 18.0 Å². The van der Waals surface area contributed by atoms with E-state index in [1.54, 1.807) is 6.07 Å².